The molecule has 0 unspecified atom stereocenters. The third kappa shape index (κ3) is 4.00. The first-order valence-electron chi connectivity index (χ1n) is 8.36. The van der Waals surface area contributed by atoms with Gasteiger partial charge in [0.05, 0.1) is 11.9 Å². The number of hydrazone groups is 1. The van der Waals surface area contributed by atoms with E-state index >= 15 is 0 Å². The van der Waals surface area contributed by atoms with Gasteiger partial charge in [0, 0.05) is 30.8 Å². The van der Waals surface area contributed by atoms with Gasteiger partial charge < -0.3 is 10.3 Å². The number of anilines is 1. The van der Waals surface area contributed by atoms with Crippen molar-refractivity contribution in [3.63, 3.8) is 0 Å². The summed E-state index contributed by atoms with van der Waals surface area (Å²) in [5.74, 6) is -0.175. The van der Waals surface area contributed by atoms with Crippen LogP contribution in [0.5, 0.6) is 0 Å². The molecule has 0 atom stereocenters. The number of amides is 1. The summed E-state index contributed by atoms with van der Waals surface area (Å²) in [6.07, 6.45) is 6.27. The van der Waals surface area contributed by atoms with Gasteiger partial charge in [-0.05, 0) is 16.4 Å². The highest BCUT2D eigenvalue weighted by atomic mass is 32.2. The van der Waals surface area contributed by atoms with Gasteiger partial charge in [0.2, 0.25) is 11.6 Å². The van der Waals surface area contributed by atoms with Gasteiger partial charge in [-0.3, -0.25) is 9.78 Å². The SMILES string of the molecule is Cn1cnnc1SCc1c(C(=O)N/N=C\c2cccnc2)nnn1-c1nonc1N. The third-order valence-corrected chi connectivity index (χ3v) is 4.79. The van der Waals surface area contributed by atoms with Crippen molar-refractivity contribution in [3.05, 3.63) is 47.8 Å². The zero-order valence-electron chi connectivity index (χ0n) is 15.4. The Morgan fingerprint density at radius 3 is 3.00 bits per heavy atom. The molecular weight excluding hydrogens is 412 g/mol. The van der Waals surface area contributed by atoms with Crippen LogP contribution >= 0.6 is 11.8 Å². The number of aryl methyl sites for hydroxylation is 1. The lowest BCUT2D eigenvalue weighted by Gasteiger charge is -2.05. The highest BCUT2D eigenvalue weighted by Gasteiger charge is 2.24. The molecule has 15 heteroatoms. The summed E-state index contributed by atoms with van der Waals surface area (Å²) in [6.45, 7) is 0. The van der Waals surface area contributed by atoms with E-state index < -0.39 is 5.91 Å². The summed E-state index contributed by atoms with van der Waals surface area (Å²) in [5.41, 5.74) is 9.35. The van der Waals surface area contributed by atoms with E-state index in [1.807, 2.05) is 0 Å². The molecule has 0 aliphatic carbocycles. The second-order valence-corrected chi connectivity index (χ2v) is 6.71. The van der Waals surface area contributed by atoms with Crippen LogP contribution in [0.4, 0.5) is 5.82 Å². The fourth-order valence-electron chi connectivity index (χ4n) is 2.32. The largest absolute Gasteiger partial charge is 0.378 e. The minimum absolute atomic E-state index is 0.00589. The molecule has 0 saturated heterocycles. The molecule has 0 aliphatic rings. The smallest absolute Gasteiger partial charge is 0.293 e. The predicted octanol–water partition coefficient (Wildman–Crippen LogP) is -0.188. The van der Waals surface area contributed by atoms with E-state index in [1.165, 1.54) is 22.7 Å². The molecular formula is C15H14N12O2S. The number of thioether (sulfide) groups is 1. The van der Waals surface area contributed by atoms with Crippen molar-refractivity contribution in [2.24, 2.45) is 12.1 Å². The number of nitrogens with one attached hydrogen (secondary N) is 1. The normalized spacial score (nSPS) is 11.2. The lowest BCUT2D eigenvalue weighted by molar-refractivity contribution is 0.0949. The van der Waals surface area contributed by atoms with Gasteiger partial charge >= 0.3 is 0 Å². The Labute approximate surface area is 172 Å². The van der Waals surface area contributed by atoms with Gasteiger partial charge in [-0.25, -0.2) is 10.1 Å². The van der Waals surface area contributed by atoms with Crippen LogP contribution in [0.15, 0.2) is 45.7 Å². The van der Waals surface area contributed by atoms with Gasteiger partial charge in [-0.15, -0.1) is 15.3 Å². The molecule has 4 heterocycles. The van der Waals surface area contributed by atoms with Gasteiger partial charge in [0.15, 0.2) is 10.9 Å². The van der Waals surface area contributed by atoms with Crippen molar-refractivity contribution < 1.29 is 9.42 Å². The van der Waals surface area contributed by atoms with E-state index in [2.05, 4.69) is 51.0 Å². The van der Waals surface area contributed by atoms with E-state index in [0.717, 1.165) is 5.56 Å². The quantitative estimate of drug-likeness (QED) is 0.227. The standard InChI is InChI=1S/C15H14N12O2S/c1-26-8-19-22-15(26)30-7-10-11(20-25-27(10)13-12(16)23-29-24-13)14(28)21-18-6-9-3-2-4-17-5-9/h2-6,8H,7H2,1H3,(H2,16,23)(H,21,28)/b18-6-. The summed E-state index contributed by atoms with van der Waals surface area (Å²) in [6, 6.07) is 3.55. The van der Waals surface area contributed by atoms with Crippen LogP contribution in [0.1, 0.15) is 21.7 Å². The van der Waals surface area contributed by atoms with Crippen molar-refractivity contribution >= 4 is 29.7 Å². The lowest BCUT2D eigenvalue weighted by Crippen LogP contribution is -2.20. The van der Waals surface area contributed by atoms with Crippen LogP contribution < -0.4 is 11.2 Å². The molecule has 4 rings (SSSR count). The minimum atomic E-state index is -0.565. The number of nitrogens with zero attached hydrogens (tertiary/aromatic N) is 10. The fraction of sp³-hybridized carbons (Fsp3) is 0.133. The van der Waals surface area contributed by atoms with Gasteiger partial charge in [-0.1, -0.05) is 23.0 Å². The Morgan fingerprint density at radius 1 is 1.40 bits per heavy atom. The topological polar surface area (TPSA) is 181 Å². The Hall–Kier alpha value is -4.14. The predicted molar refractivity (Wildman–Crippen MR) is 103 cm³/mol. The van der Waals surface area contributed by atoms with E-state index in [9.17, 15) is 4.79 Å². The molecule has 0 radical (unpaired) electrons. The molecule has 0 bridgehead atoms. The van der Waals surface area contributed by atoms with Gasteiger partial charge in [0.25, 0.3) is 5.91 Å². The summed E-state index contributed by atoms with van der Waals surface area (Å²) < 4.78 is 7.66. The molecule has 0 fully saturated rings. The maximum Gasteiger partial charge on any atom is 0.293 e. The molecule has 30 heavy (non-hydrogen) atoms. The molecule has 0 aromatic carbocycles. The number of nitrogens with two attached hydrogens (primary N) is 1. The molecule has 14 nitrogen and oxygen atoms in total. The molecule has 0 saturated carbocycles. The van der Waals surface area contributed by atoms with Crippen molar-refractivity contribution in [3.8, 4) is 5.82 Å². The molecule has 152 valence electrons. The lowest BCUT2D eigenvalue weighted by atomic mass is 10.3. The van der Waals surface area contributed by atoms with E-state index in [4.69, 9.17) is 5.73 Å². The summed E-state index contributed by atoms with van der Waals surface area (Å²) in [7, 11) is 1.80. The Kier molecular flexibility index (Phi) is 5.42. The first-order valence-corrected chi connectivity index (χ1v) is 9.35. The van der Waals surface area contributed by atoms with Crippen molar-refractivity contribution in [1.29, 1.82) is 0 Å². The van der Waals surface area contributed by atoms with E-state index in [0.29, 0.717) is 10.9 Å². The first-order chi connectivity index (χ1) is 14.6. The summed E-state index contributed by atoms with van der Waals surface area (Å²) in [5, 5.41) is 27.6. The maximum atomic E-state index is 12.7. The minimum Gasteiger partial charge on any atom is -0.378 e. The monoisotopic (exact) mass is 426 g/mol. The highest BCUT2D eigenvalue weighted by molar-refractivity contribution is 7.98. The summed E-state index contributed by atoms with van der Waals surface area (Å²) in [4.78, 5) is 16.6. The van der Waals surface area contributed by atoms with Crippen molar-refractivity contribution in [1.82, 2.24) is 50.5 Å². The van der Waals surface area contributed by atoms with Crippen LogP contribution in [-0.2, 0) is 12.8 Å². The average molecular weight is 426 g/mol. The Bertz CT molecular complexity index is 1180. The molecule has 4 aromatic rings. The van der Waals surface area contributed by atoms with Crippen LogP contribution in [0.2, 0.25) is 0 Å². The van der Waals surface area contributed by atoms with Gasteiger partial charge in [0.1, 0.15) is 6.33 Å². The van der Waals surface area contributed by atoms with Crippen LogP contribution in [0.3, 0.4) is 0 Å². The Morgan fingerprint density at radius 2 is 2.30 bits per heavy atom. The zero-order chi connectivity index (χ0) is 20.9. The number of aromatic nitrogens is 9. The highest BCUT2D eigenvalue weighted by Crippen LogP contribution is 2.24. The zero-order valence-corrected chi connectivity index (χ0v) is 16.3. The number of nitrogen functional groups attached to an aromatic ring is 1. The molecule has 1 amide bonds. The number of rotatable bonds is 7. The third-order valence-electron chi connectivity index (χ3n) is 3.75. The molecule has 4 aromatic heterocycles. The fourth-order valence-corrected chi connectivity index (χ4v) is 3.20. The van der Waals surface area contributed by atoms with Gasteiger partial charge in [-0.2, -0.15) is 9.78 Å². The second kappa shape index (κ2) is 8.48. The van der Waals surface area contributed by atoms with Crippen LogP contribution in [0.25, 0.3) is 5.82 Å². The Balaban J connectivity index is 1.59. The van der Waals surface area contributed by atoms with E-state index in [1.54, 1.807) is 42.5 Å². The molecule has 0 spiro atoms. The molecule has 3 N–H and O–H groups in total. The van der Waals surface area contributed by atoms with Crippen molar-refractivity contribution in [2.45, 2.75) is 10.9 Å². The maximum absolute atomic E-state index is 12.7. The van der Waals surface area contributed by atoms with Crippen molar-refractivity contribution in [2.75, 3.05) is 5.73 Å². The average Bonchev–Trinajstić information content (AvgIpc) is 3.46. The second-order valence-electron chi connectivity index (χ2n) is 5.77. The number of carbonyl (C=O) groups is 1. The summed E-state index contributed by atoms with van der Waals surface area (Å²) >= 11 is 1.32. The van der Waals surface area contributed by atoms with Crippen LogP contribution in [-0.4, -0.2) is 57.2 Å². The van der Waals surface area contributed by atoms with Crippen LogP contribution in [0, 0.1) is 0 Å². The number of pyridine rings is 1. The number of hydrogen-bond donors (Lipinski definition) is 2. The van der Waals surface area contributed by atoms with E-state index in [-0.39, 0.29) is 23.1 Å². The number of hydrogen-bond acceptors (Lipinski definition) is 12. The number of carbonyl (C=O) groups excluding carboxylic acids is 1. The first kappa shape index (κ1) is 19.2. The molecule has 0 aliphatic heterocycles.